The van der Waals surface area contributed by atoms with E-state index in [0.29, 0.717) is 18.4 Å². The highest BCUT2D eigenvalue weighted by atomic mass is 16.5. The first-order chi connectivity index (χ1) is 19.6. The molecule has 0 aromatic heterocycles. The molecule has 0 spiro atoms. The lowest BCUT2D eigenvalue weighted by molar-refractivity contribution is 0.133. The highest BCUT2D eigenvalue weighted by Gasteiger charge is 2.48. The summed E-state index contributed by atoms with van der Waals surface area (Å²) < 4.78 is 22.5. The van der Waals surface area contributed by atoms with Gasteiger partial charge in [0.2, 0.25) is 0 Å². The van der Waals surface area contributed by atoms with E-state index in [1.54, 1.807) is 21.3 Å². The quantitative estimate of drug-likeness (QED) is 0.261. The summed E-state index contributed by atoms with van der Waals surface area (Å²) in [7, 11) is 9.54. The number of methoxy groups -OCH3 is 3. The van der Waals surface area contributed by atoms with Crippen LogP contribution in [-0.2, 0) is 23.4 Å². The second kappa shape index (κ2) is 15.3. The Bertz CT molecular complexity index is 1100. The Kier molecular flexibility index (Phi) is 12.4. The fraction of sp³-hybridized carbons (Fsp3) is 0.657. The van der Waals surface area contributed by atoms with Gasteiger partial charge in [-0.3, -0.25) is 9.80 Å². The van der Waals surface area contributed by atoms with E-state index in [2.05, 4.69) is 75.9 Å². The van der Waals surface area contributed by atoms with Crippen LogP contribution in [0.15, 0.2) is 24.3 Å². The normalized spacial score (nSPS) is 16.5. The predicted molar refractivity (Wildman–Crippen MR) is 170 cm³/mol. The molecule has 4 rings (SSSR count). The number of ether oxygens (including phenoxy) is 4. The minimum Gasteiger partial charge on any atom is -0.496 e. The average molecular weight is 569 g/mol. The maximum atomic E-state index is 5.75. The Morgan fingerprint density at radius 3 is 1.95 bits per heavy atom. The molecule has 1 heterocycles. The molecule has 0 amide bonds. The highest BCUT2D eigenvalue weighted by Crippen LogP contribution is 2.55. The molecule has 2 aromatic rings. The Morgan fingerprint density at radius 1 is 0.829 bits per heavy atom. The number of hydrogen-bond donors (Lipinski definition) is 0. The third kappa shape index (κ3) is 7.97. The topological polar surface area (TPSA) is 43.4 Å². The van der Waals surface area contributed by atoms with Crippen LogP contribution in [0.4, 0.5) is 0 Å². The van der Waals surface area contributed by atoms with Crippen molar-refractivity contribution in [1.29, 1.82) is 0 Å². The summed E-state index contributed by atoms with van der Waals surface area (Å²) >= 11 is 0. The Balaban J connectivity index is 0.000000228. The summed E-state index contributed by atoms with van der Waals surface area (Å²) in [6, 6.07) is 8.71. The molecule has 0 unspecified atom stereocenters. The fourth-order valence-corrected chi connectivity index (χ4v) is 6.33. The van der Waals surface area contributed by atoms with Crippen molar-refractivity contribution in [1.82, 2.24) is 9.80 Å². The number of hydrogen-bond acceptors (Lipinski definition) is 6. The van der Waals surface area contributed by atoms with Crippen molar-refractivity contribution < 1.29 is 18.9 Å². The largest absolute Gasteiger partial charge is 0.496 e. The second-order valence-electron chi connectivity index (χ2n) is 12.3. The van der Waals surface area contributed by atoms with Crippen LogP contribution in [0, 0.1) is 0 Å². The summed E-state index contributed by atoms with van der Waals surface area (Å²) in [6.07, 6.45) is 6.42. The molecule has 6 heteroatoms. The molecule has 41 heavy (non-hydrogen) atoms. The van der Waals surface area contributed by atoms with Crippen LogP contribution in [0.25, 0.3) is 0 Å². The van der Waals surface area contributed by atoms with E-state index in [9.17, 15) is 0 Å². The van der Waals surface area contributed by atoms with Gasteiger partial charge in [-0.15, -0.1) is 0 Å². The van der Waals surface area contributed by atoms with Crippen molar-refractivity contribution in [3.63, 3.8) is 0 Å². The maximum Gasteiger partial charge on any atom is 0.131 e. The Hall–Kier alpha value is -2.28. The molecule has 1 aliphatic carbocycles. The summed E-state index contributed by atoms with van der Waals surface area (Å²) in [6.45, 7) is 15.8. The molecule has 1 saturated carbocycles. The van der Waals surface area contributed by atoms with Crippen molar-refractivity contribution in [2.75, 3.05) is 55.1 Å². The molecular formula is C35H56N2O4. The van der Waals surface area contributed by atoms with Gasteiger partial charge in [0.05, 0.1) is 27.9 Å². The monoisotopic (exact) mass is 568 g/mol. The van der Waals surface area contributed by atoms with E-state index in [-0.39, 0.29) is 5.54 Å². The molecule has 1 saturated heterocycles. The van der Waals surface area contributed by atoms with Crippen LogP contribution in [0.2, 0.25) is 0 Å². The first kappa shape index (κ1) is 33.2. The standard InChI is InChI=1S/C19H31NO2.C16H25NO2/c1-5-22-14-16-11-17(13-20-9-7-6-8-10-20)19(15(2)3)18(12-16)21-4;1-11(2)14-13(18-5)8-7-12(15(14)19-6)16(9-10-16)17(3)4/h11-12,15H,5-10,13-14H2,1-4H3;7-8,11H,9-10H2,1-6H3. The van der Waals surface area contributed by atoms with Gasteiger partial charge < -0.3 is 18.9 Å². The zero-order valence-corrected chi connectivity index (χ0v) is 27.6. The zero-order chi connectivity index (χ0) is 30.2. The lowest BCUT2D eigenvalue weighted by Gasteiger charge is -2.29. The van der Waals surface area contributed by atoms with E-state index in [1.165, 1.54) is 73.0 Å². The fourth-order valence-electron chi connectivity index (χ4n) is 6.33. The van der Waals surface area contributed by atoms with Crippen molar-refractivity contribution in [2.24, 2.45) is 0 Å². The van der Waals surface area contributed by atoms with Gasteiger partial charge in [-0.25, -0.2) is 0 Å². The number of rotatable bonds is 12. The number of piperidine rings is 1. The summed E-state index contributed by atoms with van der Waals surface area (Å²) in [5.74, 6) is 3.78. The maximum absolute atomic E-state index is 5.75. The van der Waals surface area contributed by atoms with Crippen molar-refractivity contribution >= 4 is 0 Å². The molecule has 1 aliphatic heterocycles. The minimum atomic E-state index is 0.154. The third-order valence-corrected chi connectivity index (χ3v) is 8.64. The first-order valence-corrected chi connectivity index (χ1v) is 15.6. The van der Waals surface area contributed by atoms with E-state index in [4.69, 9.17) is 18.9 Å². The van der Waals surface area contributed by atoms with Crippen LogP contribution in [0.3, 0.4) is 0 Å². The van der Waals surface area contributed by atoms with Crippen LogP contribution >= 0.6 is 0 Å². The first-order valence-electron chi connectivity index (χ1n) is 15.6. The van der Waals surface area contributed by atoms with E-state index in [1.807, 2.05) is 6.92 Å². The SMILES string of the molecule is CCOCc1cc(CN2CCCCC2)c(C(C)C)c(OC)c1.COc1ccc(C2(N(C)C)CC2)c(OC)c1C(C)C. The Labute approximate surface area is 250 Å². The molecule has 230 valence electrons. The molecule has 0 atom stereocenters. The lowest BCUT2D eigenvalue weighted by atomic mass is 9.93. The number of benzene rings is 2. The average Bonchev–Trinajstić information content (AvgIpc) is 3.77. The molecular weight excluding hydrogens is 512 g/mol. The van der Waals surface area contributed by atoms with E-state index < -0.39 is 0 Å². The van der Waals surface area contributed by atoms with Crippen molar-refractivity contribution in [3.05, 3.63) is 52.1 Å². The molecule has 6 nitrogen and oxygen atoms in total. The van der Waals surface area contributed by atoms with Gasteiger partial charge in [0.15, 0.2) is 0 Å². The van der Waals surface area contributed by atoms with Crippen LogP contribution in [0.1, 0.15) is 106 Å². The smallest absolute Gasteiger partial charge is 0.131 e. The van der Waals surface area contributed by atoms with Gasteiger partial charge in [-0.05, 0) is 101 Å². The molecule has 0 bridgehead atoms. The Morgan fingerprint density at radius 2 is 1.46 bits per heavy atom. The molecule has 0 N–H and O–H groups in total. The highest BCUT2D eigenvalue weighted by molar-refractivity contribution is 5.55. The van der Waals surface area contributed by atoms with Gasteiger partial charge in [-0.2, -0.15) is 0 Å². The second-order valence-corrected chi connectivity index (χ2v) is 12.3. The zero-order valence-electron chi connectivity index (χ0n) is 27.6. The number of likely N-dealkylation sites (tertiary alicyclic amines) is 1. The number of nitrogens with zero attached hydrogens (tertiary/aromatic N) is 2. The van der Waals surface area contributed by atoms with E-state index in [0.717, 1.165) is 30.4 Å². The summed E-state index contributed by atoms with van der Waals surface area (Å²) in [5.41, 5.74) is 6.61. The van der Waals surface area contributed by atoms with Crippen LogP contribution in [-0.4, -0.2) is 64.9 Å². The summed E-state index contributed by atoms with van der Waals surface area (Å²) in [5, 5.41) is 0. The van der Waals surface area contributed by atoms with Gasteiger partial charge in [0, 0.05) is 35.4 Å². The third-order valence-electron chi connectivity index (χ3n) is 8.64. The molecule has 2 aliphatic rings. The van der Waals surface area contributed by atoms with Crippen molar-refractivity contribution in [2.45, 2.75) is 97.2 Å². The molecule has 2 fully saturated rings. The predicted octanol–water partition coefficient (Wildman–Crippen LogP) is 7.72. The van der Waals surface area contributed by atoms with Gasteiger partial charge in [-0.1, -0.05) is 40.2 Å². The molecule has 0 radical (unpaired) electrons. The molecule has 2 aromatic carbocycles. The van der Waals surface area contributed by atoms with E-state index >= 15 is 0 Å². The lowest BCUT2D eigenvalue weighted by Crippen LogP contribution is -2.29. The van der Waals surface area contributed by atoms with Crippen LogP contribution < -0.4 is 14.2 Å². The van der Waals surface area contributed by atoms with Crippen molar-refractivity contribution in [3.8, 4) is 17.2 Å². The van der Waals surface area contributed by atoms with Gasteiger partial charge >= 0.3 is 0 Å². The summed E-state index contributed by atoms with van der Waals surface area (Å²) in [4.78, 5) is 4.88. The van der Waals surface area contributed by atoms with Gasteiger partial charge in [0.25, 0.3) is 0 Å². The van der Waals surface area contributed by atoms with Gasteiger partial charge in [0.1, 0.15) is 17.2 Å². The van der Waals surface area contributed by atoms with Crippen LogP contribution in [0.5, 0.6) is 17.2 Å². The minimum absolute atomic E-state index is 0.154.